The van der Waals surface area contributed by atoms with Crippen LogP contribution in [-0.4, -0.2) is 33.2 Å². The van der Waals surface area contributed by atoms with E-state index in [1.165, 1.54) is 6.92 Å². The first-order valence-corrected chi connectivity index (χ1v) is 10.1. The van der Waals surface area contributed by atoms with Crippen LogP contribution in [-0.2, 0) is 14.8 Å². The smallest absolute Gasteiger partial charge is 0.247 e. The number of amides is 1. The molecule has 0 unspecified atom stereocenters. The molecule has 0 heterocycles. The Morgan fingerprint density at radius 3 is 2.39 bits per heavy atom. The maximum atomic E-state index is 13.6. The number of anilines is 2. The van der Waals surface area contributed by atoms with E-state index in [1.54, 1.807) is 30.3 Å². The van der Waals surface area contributed by atoms with Crippen molar-refractivity contribution in [3.8, 4) is 5.75 Å². The number of carbonyl (C=O) groups excluding carboxylic acids is 1. The molecule has 28 heavy (non-hydrogen) atoms. The fourth-order valence-corrected chi connectivity index (χ4v) is 3.63. The Kier molecular flexibility index (Phi) is 6.74. The fourth-order valence-electron chi connectivity index (χ4n) is 2.47. The highest BCUT2D eigenvalue weighted by atomic mass is 32.2. The van der Waals surface area contributed by atoms with Gasteiger partial charge in [-0.25, -0.2) is 17.2 Å². The molecule has 9 heteroatoms. The molecular weight excluding hydrogens is 390 g/mol. The molecular formula is C19H20F2N2O4S. The molecule has 0 saturated heterocycles. The Morgan fingerprint density at radius 2 is 1.86 bits per heavy atom. The van der Waals surface area contributed by atoms with E-state index in [0.717, 1.165) is 28.8 Å². The Morgan fingerprint density at radius 1 is 1.21 bits per heavy atom. The van der Waals surface area contributed by atoms with Crippen LogP contribution in [0.5, 0.6) is 5.75 Å². The van der Waals surface area contributed by atoms with E-state index in [9.17, 15) is 22.0 Å². The lowest BCUT2D eigenvalue weighted by Crippen LogP contribution is -2.45. The maximum Gasteiger partial charge on any atom is 0.247 e. The third-order valence-corrected chi connectivity index (χ3v) is 4.98. The van der Waals surface area contributed by atoms with Crippen molar-refractivity contribution in [1.82, 2.24) is 0 Å². The van der Waals surface area contributed by atoms with Crippen LogP contribution >= 0.6 is 0 Å². The van der Waals surface area contributed by atoms with Gasteiger partial charge >= 0.3 is 0 Å². The van der Waals surface area contributed by atoms with Crippen LogP contribution in [0, 0.1) is 11.6 Å². The Bertz CT molecular complexity index is 962. The second-order valence-corrected chi connectivity index (χ2v) is 7.81. The summed E-state index contributed by atoms with van der Waals surface area (Å²) in [6, 6.07) is 7.85. The van der Waals surface area contributed by atoms with Gasteiger partial charge < -0.3 is 10.1 Å². The largest absolute Gasteiger partial charge is 0.490 e. The van der Waals surface area contributed by atoms with E-state index < -0.39 is 33.6 Å². The summed E-state index contributed by atoms with van der Waals surface area (Å²) in [4.78, 5) is 12.6. The second kappa shape index (κ2) is 8.83. The first-order chi connectivity index (χ1) is 13.1. The van der Waals surface area contributed by atoms with Crippen molar-refractivity contribution in [3.05, 3.63) is 66.8 Å². The maximum absolute atomic E-state index is 13.6. The number of hydrogen-bond acceptors (Lipinski definition) is 4. The number of halogens is 2. The van der Waals surface area contributed by atoms with Crippen molar-refractivity contribution in [3.63, 3.8) is 0 Å². The fraction of sp³-hybridized carbons (Fsp3) is 0.211. The SMILES string of the molecule is C=CCOc1ccc(NC(=O)[C@@H](C)N(c2ccc(F)c(F)c2)S(C)(=O)=O)cc1. The molecule has 2 aromatic rings. The Labute approximate surface area is 162 Å². The van der Waals surface area contributed by atoms with Gasteiger partial charge in [0.05, 0.1) is 11.9 Å². The molecule has 0 radical (unpaired) electrons. The summed E-state index contributed by atoms with van der Waals surface area (Å²) >= 11 is 0. The van der Waals surface area contributed by atoms with Gasteiger partial charge in [-0.1, -0.05) is 12.7 Å². The molecule has 6 nitrogen and oxygen atoms in total. The molecule has 0 bridgehead atoms. The number of benzene rings is 2. The van der Waals surface area contributed by atoms with Gasteiger partial charge in [-0.15, -0.1) is 0 Å². The van der Waals surface area contributed by atoms with E-state index in [4.69, 9.17) is 4.74 Å². The van der Waals surface area contributed by atoms with Gasteiger partial charge in [0.2, 0.25) is 15.9 Å². The van der Waals surface area contributed by atoms with Crippen molar-refractivity contribution in [2.24, 2.45) is 0 Å². The minimum absolute atomic E-state index is 0.155. The molecule has 1 N–H and O–H groups in total. The summed E-state index contributed by atoms with van der Waals surface area (Å²) in [6.45, 7) is 5.22. The molecule has 150 valence electrons. The molecule has 0 saturated carbocycles. The minimum atomic E-state index is -3.95. The number of nitrogens with one attached hydrogen (secondary N) is 1. The highest BCUT2D eigenvalue weighted by molar-refractivity contribution is 7.92. The Hall–Kier alpha value is -2.94. The number of ether oxygens (including phenoxy) is 1. The van der Waals surface area contributed by atoms with Gasteiger partial charge in [0.1, 0.15) is 18.4 Å². The van der Waals surface area contributed by atoms with Crippen LogP contribution in [0.2, 0.25) is 0 Å². The van der Waals surface area contributed by atoms with Crippen LogP contribution in [0.1, 0.15) is 6.92 Å². The second-order valence-electron chi connectivity index (χ2n) is 5.95. The summed E-state index contributed by atoms with van der Waals surface area (Å²) < 4.78 is 57.2. The van der Waals surface area contributed by atoms with Gasteiger partial charge in [0, 0.05) is 11.8 Å². The normalized spacial score (nSPS) is 12.1. The quantitative estimate of drug-likeness (QED) is 0.678. The molecule has 1 atom stereocenters. The van der Waals surface area contributed by atoms with Crippen LogP contribution < -0.4 is 14.4 Å². The molecule has 0 spiro atoms. The number of rotatable bonds is 8. The van der Waals surface area contributed by atoms with Gasteiger partial charge in [-0.3, -0.25) is 9.10 Å². The average molecular weight is 410 g/mol. The first-order valence-electron chi connectivity index (χ1n) is 8.22. The van der Waals surface area contributed by atoms with Crippen molar-refractivity contribution in [2.75, 3.05) is 22.5 Å². The van der Waals surface area contributed by atoms with E-state index >= 15 is 0 Å². The van der Waals surface area contributed by atoms with Crippen molar-refractivity contribution < 1.29 is 26.7 Å². The molecule has 0 aliphatic rings. The molecule has 2 rings (SSSR count). The first kappa shape index (κ1) is 21.4. The number of nitrogens with zero attached hydrogens (tertiary/aromatic N) is 1. The molecule has 2 aromatic carbocycles. The molecule has 0 aliphatic carbocycles. The predicted octanol–water partition coefficient (Wildman–Crippen LogP) is 3.32. The zero-order chi connectivity index (χ0) is 20.9. The number of hydrogen-bond donors (Lipinski definition) is 1. The summed E-state index contributed by atoms with van der Waals surface area (Å²) in [6.07, 6.45) is 2.47. The molecule has 0 aromatic heterocycles. The van der Waals surface area contributed by atoms with Crippen LogP contribution in [0.15, 0.2) is 55.1 Å². The third-order valence-electron chi connectivity index (χ3n) is 3.74. The van der Waals surface area contributed by atoms with E-state index in [-0.39, 0.29) is 5.69 Å². The lowest BCUT2D eigenvalue weighted by molar-refractivity contribution is -0.116. The summed E-state index contributed by atoms with van der Waals surface area (Å²) in [7, 11) is -3.95. The van der Waals surface area contributed by atoms with Gasteiger partial charge in [-0.05, 0) is 43.3 Å². The molecule has 1 amide bonds. The predicted molar refractivity (Wildman–Crippen MR) is 104 cm³/mol. The standard InChI is InChI=1S/C19H20F2N2O4S/c1-4-11-27-16-8-5-14(6-9-16)22-19(24)13(2)23(28(3,25)26)15-7-10-17(20)18(21)12-15/h4-10,12-13H,1,11H2,2-3H3,(H,22,24)/t13-/m1/s1. The zero-order valence-corrected chi connectivity index (χ0v) is 16.2. The van der Waals surface area contributed by atoms with Crippen molar-refractivity contribution in [1.29, 1.82) is 0 Å². The highest BCUT2D eigenvalue weighted by Crippen LogP contribution is 2.24. The third kappa shape index (κ3) is 5.29. The van der Waals surface area contributed by atoms with Crippen molar-refractivity contribution in [2.45, 2.75) is 13.0 Å². The van der Waals surface area contributed by atoms with E-state index in [0.29, 0.717) is 18.0 Å². The lowest BCUT2D eigenvalue weighted by atomic mass is 10.2. The van der Waals surface area contributed by atoms with E-state index in [1.807, 2.05) is 0 Å². The minimum Gasteiger partial charge on any atom is -0.490 e. The lowest BCUT2D eigenvalue weighted by Gasteiger charge is -2.28. The number of carbonyl (C=O) groups is 1. The van der Waals surface area contributed by atoms with Crippen LogP contribution in [0.4, 0.5) is 20.2 Å². The highest BCUT2D eigenvalue weighted by Gasteiger charge is 2.29. The van der Waals surface area contributed by atoms with Gasteiger partial charge in [0.15, 0.2) is 11.6 Å². The average Bonchev–Trinajstić information content (AvgIpc) is 2.63. The van der Waals surface area contributed by atoms with Crippen LogP contribution in [0.3, 0.4) is 0 Å². The summed E-state index contributed by atoms with van der Waals surface area (Å²) in [5.74, 6) is -2.40. The molecule has 0 aliphatic heterocycles. The number of sulfonamides is 1. The summed E-state index contributed by atoms with van der Waals surface area (Å²) in [5, 5.41) is 2.58. The monoisotopic (exact) mass is 410 g/mol. The zero-order valence-electron chi connectivity index (χ0n) is 15.4. The summed E-state index contributed by atoms with van der Waals surface area (Å²) in [5.41, 5.74) is 0.263. The van der Waals surface area contributed by atoms with Gasteiger partial charge in [0.25, 0.3) is 0 Å². The van der Waals surface area contributed by atoms with Crippen LogP contribution in [0.25, 0.3) is 0 Å². The van der Waals surface area contributed by atoms with E-state index in [2.05, 4.69) is 11.9 Å². The van der Waals surface area contributed by atoms with Crippen molar-refractivity contribution >= 4 is 27.3 Å². The van der Waals surface area contributed by atoms with Gasteiger partial charge in [-0.2, -0.15) is 0 Å². The Balaban J connectivity index is 2.21. The topological polar surface area (TPSA) is 75.7 Å². The molecule has 0 fully saturated rings.